The molecule has 110 valence electrons. The van der Waals surface area contributed by atoms with Gasteiger partial charge in [0.15, 0.2) is 0 Å². The van der Waals surface area contributed by atoms with Gasteiger partial charge < -0.3 is 10.4 Å². The molecular weight excluding hydrogens is 361 g/mol. The summed E-state index contributed by atoms with van der Waals surface area (Å²) in [6.45, 7) is 1.89. The van der Waals surface area contributed by atoms with Gasteiger partial charge in [-0.15, -0.1) is 11.3 Å². The number of halogens is 2. The zero-order valence-electron chi connectivity index (χ0n) is 10.9. The summed E-state index contributed by atoms with van der Waals surface area (Å²) in [6, 6.07) is 5.57. The zero-order chi connectivity index (χ0) is 15.6. The predicted octanol–water partition coefficient (Wildman–Crippen LogP) is 4.16. The van der Waals surface area contributed by atoms with E-state index in [1.165, 1.54) is 29.5 Å². The van der Waals surface area contributed by atoms with Crippen molar-refractivity contribution in [1.29, 1.82) is 0 Å². The first kappa shape index (κ1) is 15.7. The van der Waals surface area contributed by atoms with Crippen LogP contribution in [0.5, 0.6) is 0 Å². The molecule has 0 bridgehead atoms. The Morgan fingerprint density at radius 3 is 2.62 bits per heavy atom. The van der Waals surface area contributed by atoms with Gasteiger partial charge in [0, 0.05) is 9.35 Å². The van der Waals surface area contributed by atoms with Gasteiger partial charge in [-0.05, 0) is 30.7 Å². The quantitative estimate of drug-likeness (QED) is 0.847. The Morgan fingerprint density at radius 1 is 1.33 bits per heavy atom. The Kier molecular flexibility index (Phi) is 4.74. The number of hydrogen-bond donors (Lipinski definition) is 2. The van der Waals surface area contributed by atoms with E-state index >= 15 is 0 Å². The lowest BCUT2D eigenvalue weighted by molar-refractivity contribution is 0.0698. The molecule has 4 nitrogen and oxygen atoms in total. The van der Waals surface area contributed by atoms with Gasteiger partial charge in [-0.2, -0.15) is 0 Å². The second kappa shape index (κ2) is 6.36. The number of carboxylic acid groups (broad SMARTS) is 1. The van der Waals surface area contributed by atoms with Crippen molar-refractivity contribution in [1.82, 2.24) is 0 Å². The number of thiophene rings is 1. The SMILES string of the molecule is CCc1cc(C(=O)O)c(NC(=O)c2ccc(Br)cc2F)s1. The number of nitrogens with one attached hydrogen (secondary N) is 1. The number of anilines is 1. The summed E-state index contributed by atoms with van der Waals surface area (Å²) >= 11 is 4.28. The Balaban J connectivity index is 2.31. The van der Waals surface area contributed by atoms with E-state index in [2.05, 4.69) is 21.2 Å². The summed E-state index contributed by atoms with van der Waals surface area (Å²) in [5.74, 6) is -2.48. The van der Waals surface area contributed by atoms with Gasteiger partial charge in [0.05, 0.1) is 11.1 Å². The van der Waals surface area contributed by atoms with Crippen molar-refractivity contribution in [3.8, 4) is 0 Å². The molecule has 0 radical (unpaired) electrons. The fraction of sp³-hybridized carbons (Fsp3) is 0.143. The highest BCUT2D eigenvalue weighted by atomic mass is 79.9. The maximum absolute atomic E-state index is 13.7. The molecule has 2 N–H and O–H groups in total. The van der Waals surface area contributed by atoms with Crippen molar-refractivity contribution in [3.05, 3.63) is 50.6 Å². The first-order valence-corrected chi connectivity index (χ1v) is 7.65. The van der Waals surface area contributed by atoms with Crippen LogP contribution in [0.1, 0.15) is 32.5 Å². The third-order valence-corrected chi connectivity index (χ3v) is 4.45. The van der Waals surface area contributed by atoms with Crippen molar-refractivity contribution < 1.29 is 19.1 Å². The molecule has 2 aromatic rings. The van der Waals surface area contributed by atoms with Crippen LogP contribution in [0.15, 0.2) is 28.7 Å². The van der Waals surface area contributed by atoms with Crippen LogP contribution in [0.3, 0.4) is 0 Å². The maximum Gasteiger partial charge on any atom is 0.338 e. The van der Waals surface area contributed by atoms with Gasteiger partial charge in [-0.3, -0.25) is 4.79 Å². The predicted molar refractivity (Wildman–Crippen MR) is 82.7 cm³/mol. The van der Waals surface area contributed by atoms with E-state index in [1.807, 2.05) is 6.92 Å². The number of rotatable bonds is 4. The van der Waals surface area contributed by atoms with E-state index in [0.717, 1.165) is 4.88 Å². The van der Waals surface area contributed by atoms with Crippen molar-refractivity contribution in [2.75, 3.05) is 5.32 Å². The summed E-state index contributed by atoms with van der Waals surface area (Å²) in [6.07, 6.45) is 0.660. The fourth-order valence-electron chi connectivity index (χ4n) is 1.71. The Morgan fingerprint density at radius 2 is 2.05 bits per heavy atom. The number of aromatic carboxylic acids is 1. The smallest absolute Gasteiger partial charge is 0.338 e. The second-order valence-corrected chi connectivity index (χ2v) is 6.24. The normalized spacial score (nSPS) is 10.4. The highest BCUT2D eigenvalue weighted by molar-refractivity contribution is 9.10. The fourth-order valence-corrected chi connectivity index (χ4v) is 3.03. The molecule has 0 fully saturated rings. The van der Waals surface area contributed by atoms with Crippen LogP contribution in [0, 0.1) is 5.82 Å². The Bertz CT molecular complexity index is 714. The van der Waals surface area contributed by atoms with Gasteiger partial charge in [0.25, 0.3) is 5.91 Å². The number of amides is 1. The Labute approximate surface area is 132 Å². The summed E-state index contributed by atoms with van der Waals surface area (Å²) in [7, 11) is 0. The van der Waals surface area contributed by atoms with Crippen LogP contribution in [0.25, 0.3) is 0 Å². The summed E-state index contributed by atoms with van der Waals surface area (Å²) < 4.78 is 14.3. The van der Waals surface area contributed by atoms with Crippen molar-refractivity contribution in [2.45, 2.75) is 13.3 Å². The molecular formula is C14H11BrFNO3S. The van der Waals surface area contributed by atoms with Crippen LogP contribution >= 0.6 is 27.3 Å². The lowest BCUT2D eigenvalue weighted by Crippen LogP contribution is -2.14. The van der Waals surface area contributed by atoms with Crippen LogP contribution in [0.4, 0.5) is 9.39 Å². The lowest BCUT2D eigenvalue weighted by Gasteiger charge is -2.05. The molecule has 1 amide bonds. The third kappa shape index (κ3) is 3.48. The molecule has 2 rings (SSSR count). The first-order chi connectivity index (χ1) is 9.92. The van der Waals surface area contributed by atoms with Crippen molar-refractivity contribution in [2.24, 2.45) is 0 Å². The topological polar surface area (TPSA) is 66.4 Å². The molecule has 0 aliphatic rings. The molecule has 0 saturated heterocycles. The standard InChI is InChI=1S/C14H11BrFNO3S/c1-2-8-6-10(14(19)20)13(21-8)17-12(18)9-4-3-7(15)5-11(9)16/h3-6H,2H2,1H3,(H,17,18)(H,19,20). The molecule has 21 heavy (non-hydrogen) atoms. The van der Waals surface area contributed by atoms with E-state index < -0.39 is 17.7 Å². The average Bonchev–Trinajstić information content (AvgIpc) is 2.81. The summed E-state index contributed by atoms with van der Waals surface area (Å²) in [4.78, 5) is 24.1. The van der Waals surface area contributed by atoms with Gasteiger partial charge in [0.1, 0.15) is 10.8 Å². The number of hydrogen-bond acceptors (Lipinski definition) is 3. The molecule has 0 spiro atoms. The highest BCUT2D eigenvalue weighted by Crippen LogP contribution is 2.29. The van der Waals surface area contributed by atoms with Crippen LogP contribution in [-0.2, 0) is 6.42 Å². The summed E-state index contributed by atoms with van der Waals surface area (Å²) in [5, 5.41) is 11.8. The van der Waals surface area contributed by atoms with Crippen LogP contribution in [0.2, 0.25) is 0 Å². The molecule has 0 atom stereocenters. The third-order valence-electron chi connectivity index (χ3n) is 2.76. The van der Waals surface area contributed by atoms with Gasteiger partial charge in [0.2, 0.25) is 0 Å². The number of carbonyl (C=O) groups excluding carboxylic acids is 1. The number of carbonyl (C=O) groups is 2. The minimum Gasteiger partial charge on any atom is -0.478 e. The minimum atomic E-state index is -1.13. The van der Waals surface area contributed by atoms with Gasteiger partial charge in [-0.1, -0.05) is 22.9 Å². The summed E-state index contributed by atoms with van der Waals surface area (Å²) in [5.41, 5.74) is -0.122. The maximum atomic E-state index is 13.7. The van der Waals surface area contributed by atoms with Gasteiger partial charge in [-0.25, -0.2) is 9.18 Å². The van der Waals surface area contributed by atoms with E-state index in [-0.39, 0.29) is 16.1 Å². The molecule has 7 heteroatoms. The molecule has 1 aromatic carbocycles. The Hall–Kier alpha value is -1.73. The van der Waals surface area contributed by atoms with Crippen molar-refractivity contribution >= 4 is 44.1 Å². The minimum absolute atomic E-state index is 0.0164. The molecule has 0 aliphatic heterocycles. The number of carboxylic acids is 1. The molecule has 1 aromatic heterocycles. The first-order valence-electron chi connectivity index (χ1n) is 6.04. The molecule has 1 heterocycles. The largest absolute Gasteiger partial charge is 0.478 e. The van der Waals surface area contributed by atoms with E-state index in [1.54, 1.807) is 6.07 Å². The van der Waals surface area contributed by atoms with E-state index in [4.69, 9.17) is 5.11 Å². The molecule has 0 unspecified atom stereocenters. The zero-order valence-corrected chi connectivity index (χ0v) is 13.3. The van der Waals surface area contributed by atoms with E-state index in [9.17, 15) is 14.0 Å². The van der Waals surface area contributed by atoms with Crippen LogP contribution in [-0.4, -0.2) is 17.0 Å². The molecule has 0 aliphatic carbocycles. The van der Waals surface area contributed by atoms with Crippen molar-refractivity contribution in [3.63, 3.8) is 0 Å². The van der Waals surface area contributed by atoms with Gasteiger partial charge >= 0.3 is 5.97 Å². The highest BCUT2D eigenvalue weighted by Gasteiger charge is 2.19. The number of aryl methyl sites for hydroxylation is 1. The second-order valence-electron chi connectivity index (χ2n) is 4.19. The molecule has 0 saturated carbocycles. The van der Waals surface area contributed by atoms with Crippen LogP contribution < -0.4 is 5.32 Å². The van der Waals surface area contributed by atoms with E-state index in [0.29, 0.717) is 10.9 Å². The lowest BCUT2D eigenvalue weighted by atomic mass is 10.2. The average molecular weight is 372 g/mol. The number of benzene rings is 1. The monoisotopic (exact) mass is 371 g/mol.